The quantitative estimate of drug-likeness (QED) is 0.836. The van der Waals surface area contributed by atoms with Crippen LogP contribution in [-0.2, 0) is 0 Å². The zero-order chi connectivity index (χ0) is 18.7. The number of carbonyl (C=O) groups excluding carboxylic acids is 2. The molecule has 0 aliphatic carbocycles. The molecule has 26 heavy (non-hydrogen) atoms. The minimum atomic E-state index is -4.77. The summed E-state index contributed by atoms with van der Waals surface area (Å²) in [6, 6.07) is 6.34. The summed E-state index contributed by atoms with van der Waals surface area (Å²) in [6.45, 7) is 1.41. The highest BCUT2D eigenvalue weighted by Gasteiger charge is 2.31. The fraction of sp³-hybridized carbons (Fsp3) is 0.294. The van der Waals surface area contributed by atoms with E-state index in [4.69, 9.17) is 4.42 Å². The Balaban J connectivity index is 1.57. The van der Waals surface area contributed by atoms with Crippen molar-refractivity contribution >= 4 is 11.8 Å². The maximum atomic E-state index is 12.4. The number of carbonyl (C=O) groups is 2. The van der Waals surface area contributed by atoms with Gasteiger partial charge in [-0.05, 0) is 30.3 Å². The highest BCUT2D eigenvalue weighted by atomic mass is 19.4. The third-order valence-corrected chi connectivity index (χ3v) is 3.96. The van der Waals surface area contributed by atoms with Gasteiger partial charge in [-0.15, -0.1) is 13.2 Å². The van der Waals surface area contributed by atoms with Crippen LogP contribution in [0, 0.1) is 0 Å². The molecule has 1 aromatic heterocycles. The van der Waals surface area contributed by atoms with Crippen molar-refractivity contribution in [2.75, 3.05) is 26.2 Å². The van der Waals surface area contributed by atoms with Crippen LogP contribution in [0.5, 0.6) is 5.75 Å². The smallest absolute Gasteiger partial charge is 0.472 e. The Morgan fingerprint density at radius 1 is 0.885 bits per heavy atom. The molecule has 0 atom stereocenters. The maximum absolute atomic E-state index is 12.4. The number of alkyl halides is 3. The Morgan fingerprint density at radius 2 is 1.42 bits per heavy atom. The van der Waals surface area contributed by atoms with Gasteiger partial charge in [0.2, 0.25) is 0 Å². The van der Waals surface area contributed by atoms with Crippen LogP contribution in [0.3, 0.4) is 0 Å². The summed E-state index contributed by atoms with van der Waals surface area (Å²) in [5, 5.41) is 0. The molecular weight excluding hydrogens is 353 g/mol. The molecule has 1 aromatic carbocycles. The zero-order valence-corrected chi connectivity index (χ0v) is 13.5. The molecule has 0 bridgehead atoms. The molecule has 2 heterocycles. The van der Waals surface area contributed by atoms with Crippen molar-refractivity contribution in [2.24, 2.45) is 0 Å². The number of ether oxygens (including phenoxy) is 1. The van der Waals surface area contributed by atoms with Crippen molar-refractivity contribution in [3.63, 3.8) is 0 Å². The van der Waals surface area contributed by atoms with E-state index in [1.807, 2.05) is 0 Å². The number of benzene rings is 1. The first-order valence-electron chi connectivity index (χ1n) is 7.80. The highest BCUT2D eigenvalue weighted by Crippen LogP contribution is 2.23. The maximum Gasteiger partial charge on any atom is 0.573 e. The average Bonchev–Trinajstić information content (AvgIpc) is 3.14. The molecule has 9 heteroatoms. The minimum Gasteiger partial charge on any atom is -0.472 e. The van der Waals surface area contributed by atoms with Crippen LogP contribution in [0.25, 0.3) is 0 Å². The second-order valence-electron chi connectivity index (χ2n) is 5.67. The molecule has 138 valence electrons. The first-order chi connectivity index (χ1) is 12.3. The standard InChI is InChI=1S/C17H15F3N2O4/c18-17(19,20)26-14-3-1-12(2-4-14)15(23)21-6-8-22(9-7-21)16(24)13-5-10-25-11-13/h1-5,10-11H,6-9H2. The normalized spacial score (nSPS) is 15.0. The van der Waals surface area contributed by atoms with Gasteiger partial charge in [-0.3, -0.25) is 9.59 Å². The fourth-order valence-electron chi connectivity index (χ4n) is 2.66. The van der Waals surface area contributed by atoms with E-state index in [9.17, 15) is 22.8 Å². The number of furan rings is 1. The Bertz CT molecular complexity index is 764. The van der Waals surface area contributed by atoms with E-state index in [0.717, 1.165) is 12.1 Å². The van der Waals surface area contributed by atoms with Gasteiger partial charge in [-0.2, -0.15) is 0 Å². The Hall–Kier alpha value is -2.97. The van der Waals surface area contributed by atoms with Crippen molar-refractivity contribution in [2.45, 2.75) is 6.36 Å². The second kappa shape index (κ2) is 7.11. The monoisotopic (exact) mass is 368 g/mol. The molecule has 0 radical (unpaired) electrons. The number of hydrogen-bond acceptors (Lipinski definition) is 4. The number of nitrogens with zero attached hydrogens (tertiary/aromatic N) is 2. The number of halogens is 3. The predicted molar refractivity (Wildman–Crippen MR) is 83.6 cm³/mol. The van der Waals surface area contributed by atoms with Gasteiger partial charge in [0.1, 0.15) is 12.0 Å². The van der Waals surface area contributed by atoms with E-state index in [1.54, 1.807) is 15.9 Å². The molecule has 1 aliphatic heterocycles. The molecule has 0 spiro atoms. The lowest BCUT2D eigenvalue weighted by Gasteiger charge is -2.34. The lowest BCUT2D eigenvalue weighted by atomic mass is 10.1. The average molecular weight is 368 g/mol. The molecule has 6 nitrogen and oxygen atoms in total. The van der Waals surface area contributed by atoms with E-state index in [-0.39, 0.29) is 23.1 Å². The van der Waals surface area contributed by atoms with Crippen LogP contribution in [-0.4, -0.2) is 54.2 Å². The van der Waals surface area contributed by atoms with Gasteiger partial charge in [-0.1, -0.05) is 0 Å². The molecule has 0 saturated carbocycles. The van der Waals surface area contributed by atoms with E-state index < -0.39 is 6.36 Å². The summed E-state index contributed by atoms with van der Waals surface area (Å²) in [5.41, 5.74) is 0.708. The van der Waals surface area contributed by atoms with E-state index in [1.165, 1.54) is 24.7 Å². The van der Waals surface area contributed by atoms with Gasteiger partial charge in [0, 0.05) is 31.7 Å². The van der Waals surface area contributed by atoms with Crippen molar-refractivity contribution in [1.29, 1.82) is 0 Å². The molecule has 1 fully saturated rings. The Kier molecular flexibility index (Phi) is 4.88. The molecule has 1 saturated heterocycles. The van der Waals surface area contributed by atoms with Crippen LogP contribution in [0.4, 0.5) is 13.2 Å². The lowest BCUT2D eigenvalue weighted by molar-refractivity contribution is -0.274. The topological polar surface area (TPSA) is 63.0 Å². The first kappa shape index (κ1) is 17.8. The summed E-state index contributed by atoms with van der Waals surface area (Å²) in [5.74, 6) is -0.858. The van der Waals surface area contributed by atoms with Crippen molar-refractivity contribution in [3.8, 4) is 5.75 Å². The Labute approximate surface area is 146 Å². The van der Waals surface area contributed by atoms with Crippen LogP contribution in [0.1, 0.15) is 20.7 Å². The van der Waals surface area contributed by atoms with E-state index in [2.05, 4.69) is 4.74 Å². The van der Waals surface area contributed by atoms with Gasteiger partial charge in [-0.25, -0.2) is 0 Å². The minimum absolute atomic E-state index is 0.167. The summed E-state index contributed by atoms with van der Waals surface area (Å²) < 4.78 is 45.2. The molecule has 1 aliphatic rings. The molecule has 3 rings (SSSR count). The molecule has 2 amide bonds. The number of hydrogen-bond donors (Lipinski definition) is 0. The van der Waals surface area contributed by atoms with Gasteiger partial charge in [0.05, 0.1) is 11.8 Å². The van der Waals surface area contributed by atoms with Crippen LogP contribution in [0.15, 0.2) is 47.3 Å². The fourth-order valence-corrected chi connectivity index (χ4v) is 2.66. The summed E-state index contributed by atoms with van der Waals surface area (Å²) in [4.78, 5) is 27.8. The van der Waals surface area contributed by atoms with Gasteiger partial charge in [0.15, 0.2) is 0 Å². The lowest BCUT2D eigenvalue weighted by Crippen LogP contribution is -2.50. The SMILES string of the molecule is O=C(c1ccc(OC(F)(F)F)cc1)N1CCN(C(=O)c2ccoc2)CC1. The van der Waals surface area contributed by atoms with Crippen molar-refractivity contribution < 1.29 is 31.9 Å². The summed E-state index contributed by atoms with van der Waals surface area (Å²) in [6.07, 6.45) is -1.99. The molecular formula is C17H15F3N2O4. The van der Waals surface area contributed by atoms with Crippen molar-refractivity contribution in [3.05, 3.63) is 54.0 Å². The molecule has 0 N–H and O–H groups in total. The Morgan fingerprint density at radius 3 is 1.88 bits per heavy atom. The summed E-state index contributed by atoms with van der Waals surface area (Å²) >= 11 is 0. The van der Waals surface area contributed by atoms with Crippen LogP contribution in [0.2, 0.25) is 0 Å². The van der Waals surface area contributed by atoms with Gasteiger partial charge < -0.3 is 19.0 Å². The third-order valence-electron chi connectivity index (χ3n) is 3.96. The highest BCUT2D eigenvalue weighted by molar-refractivity contribution is 5.95. The van der Waals surface area contributed by atoms with Crippen LogP contribution >= 0.6 is 0 Å². The number of amides is 2. The third kappa shape index (κ3) is 4.16. The first-order valence-corrected chi connectivity index (χ1v) is 7.80. The van der Waals surface area contributed by atoms with Gasteiger partial charge >= 0.3 is 6.36 Å². The number of rotatable bonds is 3. The zero-order valence-electron chi connectivity index (χ0n) is 13.5. The summed E-state index contributed by atoms with van der Waals surface area (Å²) in [7, 11) is 0. The predicted octanol–water partition coefficient (Wildman–Crippen LogP) is 2.78. The molecule has 2 aromatic rings. The van der Waals surface area contributed by atoms with Crippen LogP contribution < -0.4 is 4.74 Å². The van der Waals surface area contributed by atoms with Crippen molar-refractivity contribution in [1.82, 2.24) is 9.80 Å². The molecule has 0 unspecified atom stereocenters. The second-order valence-corrected chi connectivity index (χ2v) is 5.67. The number of piperazine rings is 1. The largest absolute Gasteiger partial charge is 0.573 e. The van der Waals surface area contributed by atoms with E-state index in [0.29, 0.717) is 31.7 Å². The van der Waals surface area contributed by atoms with E-state index >= 15 is 0 Å². The van der Waals surface area contributed by atoms with Gasteiger partial charge in [0.25, 0.3) is 11.8 Å².